The Bertz CT molecular complexity index is 284. The average molecular weight is 260 g/mol. The van der Waals surface area contributed by atoms with Gasteiger partial charge in [-0.05, 0) is 6.92 Å². The molecule has 4 atom stereocenters. The highest BCUT2D eigenvalue weighted by molar-refractivity contribution is 7.46. The van der Waals surface area contributed by atoms with Crippen molar-refractivity contribution in [3.8, 4) is 0 Å². The molecule has 16 heavy (non-hydrogen) atoms. The standard InChI is InChI=1S/C6H13O9P/c1-2(7)3(8)4(9)5(10)6(11)15-16(12,13)14/h2-5,7-10H,1H3,(H2,12,13,14)/t2-,3-,4+,5-/m1/s1. The van der Waals surface area contributed by atoms with Crippen LogP contribution < -0.4 is 0 Å². The van der Waals surface area contributed by atoms with Gasteiger partial charge in [0.1, 0.15) is 12.2 Å². The number of hydrogen-bond donors (Lipinski definition) is 6. The van der Waals surface area contributed by atoms with Gasteiger partial charge in [-0.25, -0.2) is 9.36 Å². The molecule has 0 radical (unpaired) electrons. The Hall–Kier alpha value is -0.540. The first-order chi connectivity index (χ1) is 7.06. The lowest BCUT2D eigenvalue weighted by Gasteiger charge is -2.23. The number of phosphoric ester groups is 1. The molecule has 0 aliphatic heterocycles. The maximum Gasteiger partial charge on any atom is 0.527 e. The molecule has 0 aliphatic rings. The van der Waals surface area contributed by atoms with Crippen molar-refractivity contribution >= 4 is 13.8 Å². The predicted molar refractivity (Wildman–Crippen MR) is 47.8 cm³/mol. The summed E-state index contributed by atoms with van der Waals surface area (Å²) in [5, 5.41) is 36.0. The fourth-order valence-corrected chi connectivity index (χ4v) is 1.13. The lowest BCUT2D eigenvalue weighted by atomic mass is 10.0. The van der Waals surface area contributed by atoms with Crippen molar-refractivity contribution in [1.29, 1.82) is 0 Å². The number of carbonyl (C=O) groups excluding carboxylic acids is 1. The smallest absolute Gasteiger partial charge is 0.391 e. The van der Waals surface area contributed by atoms with Gasteiger partial charge in [-0.1, -0.05) is 0 Å². The van der Waals surface area contributed by atoms with Gasteiger partial charge in [0, 0.05) is 0 Å². The van der Waals surface area contributed by atoms with E-state index in [1.54, 1.807) is 0 Å². The highest BCUT2D eigenvalue weighted by atomic mass is 31.2. The lowest BCUT2D eigenvalue weighted by Crippen LogP contribution is -2.47. The van der Waals surface area contributed by atoms with E-state index >= 15 is 0 Å². The number of aliphatic hydroxyl groups is 4. The largest absolute Gasteiger partial charge is 0.527 e. The summed E-state index contributed by atoms with van der Waals surface area (Å²) in [4.78, 5) is 27.3. The number of hydrogen-bond acceptors (Lipinski definition) is 7. The molecule has 0 bridgehead atoms. The molecule has 0 rings (SSSR count). The molecule has 0 fully saturated rings. The van der Waals surface area contributed by atoms with Gasteiger partial charge in [0.05, 0.1) is 6.10 Å². The summed E-state index contributed by atoms with van der Waals surface area (Å²) < 4.78 is 13.7. The second kappa shape index (κ2) is 5.69. The van der Waals surface area contributed by atoms with Crippen molar-refractivity contribution < 1.29 is 44.1 Å². The molecule has 0 aliphatic carbocycles. The third kappa shape index (κ3) is 4.99. The third-order valence-corrected chi connectivity index (χ3v) is 2.04. The molecule has 0 saturated heterocycles. The van der Waals surface area contributed by atoms with Crippen LogP contribution in [0.5, 0.6) is 0 Å². The first kappa shape index (κ1) is 15.5. The molecular weight excluding hydrogens is 247 g/mol. The topological polar surface area (TPSA) is 165 Å². The van der Waals surface area contributed by atoms with Gasteiger partial charge in [-0.2, -0.15) is 0 Å². The van der Waals surface area contributed by atoms with Gasteiger partial charge in [-0.3, -0.25) is 9.79 Å². The molecule has 0 unspecified atom stereocenters. The van der Waals surface area contributed by atoms with Crippen LogP contribution in [0.25, 0.3) is 0 Å². The van der Waals surface area contributed by atoms with Crippen molar-refractivity contribution in [3.05, 3.63) is 0 Å². The summed E-state index contributed by atoms with van der Waals surface area (Å²) in [6, 6.07) is 0. The van der Waals surface area contributed by atoms with Crippen molar-refractivity contribution in [3.63, 3.8) is 0 Å². The van der Waals surface area contributed by atoms with E-state index in [-0.39, 0.29) is 0 Å². The summed E-state index contributed by atoms with van der Waals surface area (Å²) in [6.45, 7) is 1.08. The summed E-state index contributed by atoms with van der Waals surface area (Å²) in [5.41, 5.74) is 0. The summed E-state index contributed by atoms with van der Waals surface area (Å²) in [7, 11) is -5.13. The Kier molecular flexibility index (Phi) is 5.50. The highest BCUT2D eigenvalue weighted by Crippen LogP contribution is 2.36. The first-order valence-electron chi connectivity index (χ1n) is 4.07. The van der Waals surface area contributed by atoms with Crippen LogP contribution in [0.1, 0.15) is 6.92 Å². The van der Waals surface area contributed by atoms with Crippen LogP contribution in [-0.2, 0) is 13.9 Å². The Morgan fingerprint density at radius 2 is 1.56 bits per heavy atom. The predicted octanol–water partition coefficient (Wildman–Crippen LogP) is -2.91. The van der Waals surface area contributed by atoms with Gasteiger partial charge in [0.25, 0.3) is 0 Å². The SMILES string of the molecule is C[C@@H](O)[C@@H](O)[C@H](O)[C@@H](O)C(=O)OP(=O)(O)O. The van der Waals surface area contributed by atoms with Crippen LogP contribution in [0.2, 0.25) is 0 Å². The van der Waals surface area contributed by atoms with E-state index in [0.717, 1.165) is 6.92 Å². The van der Waals surface area contributed by atoms with Gasteiger partial charge < -0.3 is 24.9 Å². The fraction of sp³-hybridized carbons (Fsp3) is 0.833. The molecule has 0 aromatic rings. The number of aliphatic hydroxyl groups excluding tert-OH is 4. The van der Waals surface area contributed by atoms with Gasteiger partial charge in [0.2, 0.25) is 0 Å². The molecule has 0 spiro atoms. The zero-order valence-corrected chi connectivity index (χ0v) is 9.06. The van der Waals surface area contributed by atoms with Crippen molar-refractivity contribution in [1.82, 2.24) is 0 Å². The molecular formula is C6H13O9P. The second-order valence-corrected chi connectivity index (χ2v) is 4.23. The van der Waals surface area contributed by atoms with Crippen LogP contribution in [0.4, 0.5) is 0 Å². The minimum absolute atomic E-state index is 1.08. The van der Waals surface area contributed by atoms with Crippen LogP contribution in [0.3, 0.4) is 0 Å². The van der Waals surface area contributed by atoms with Gasteiger partial charge >= 0.3 is 13.8 Å². The molecule has 0 aromatic heterocycles. The molecule has 0 aromatic carbocycles. The van der Waals surface area contributed by atoms with Crippen LogP contribution in [0, 0.1) is 0 Å². The van der Waals surface area contributed by atoms with Crippen LogP contribution >= 0.6 is 7.82 Å². The number of carbonyl (C=O) groups is 1. The van der Waals surface area contributed by atoms with Crippen molar-refractivity contribution in [2.24, 2.45) is 0 Å². The quantitative estimate of drug-likeness (QED) is 0.284. The fourth-order valence-electron chi connectivity index (χ4n) is 0.783. The molecule has 0 saturated carbocycles. The van der Waals surface area contributed by atoms with E-state index in [1.807, 2.05) is 0 Å². The maximum atomic E-state index is 10.8. The molecule has 0 heterocycles. The summed E-state index contributed by atoms with van der Waals surface area (Å²) in [6.07, 6.45) is -7.82. The van der Waals surface area contributed by atoms with Gasteiger partial charge in [-0.15, -0.1) is 0 Å². The summed E-state index contributed by atoms with van der Waals surface area (Å²) in [5.74, 6) is -1.81. The lowest BCUT2D eigenvalue weighted by molar-refractivity contribution is -0.160. The van der Waals surface area contributed by atoms with E-state index in [1.165, 1.54) is 0 Å². The maximum absolute atomic E-state index is 10.8. The minimum Gasteiger partial charge on any atom is -0.391 e. The molecule has 10 heteroatoms. The second-order valence-electron chi connectivity index (χ2n) is 3.07. The van der Waals surface area contributed by atoms with E-state index < -0.39 is 38.2 Å². The van der Waals surface area contributed by atoms with E-state index in [2.05, 4.69) is 4.52 Å². The Labute approximate surface area is 90.2 Å². The van der Waals surface area contributed by atoms with Crippen molar-refractivity contribution in [2.45, 2.75) is 31.3 Å². The average Bonchev–Trinajstić information content (AvgIpc) is 2.11. The van der Waals surface area contributed by atoms with Crippen LogP contribution in [-0.4, -0.2) is 60.6 Å². The molecule has 9 nitrogen and oxygen atoms in total. The highest BCUT2D eigenvalue weighted by Gasteiger charge is 2.36. The number of phosphoric acid groups is 1. The monoisotopic (exact) mass is 260 g/mol. The number of rotatable bonds is 5. The zero-order chi connectivity index (χ0) is 13.1. The van der Waals surface area contributed by atoms with E-state index in [9.17, 15) is 9.36 Å². The molecule has 96 valence electrons. The molecule has 6 N–H and O–H groups in total. The van der Waals surface area contributed by atoms with Crippen molar-refractivity contribution in [2.75, 3.05) is 0 Å². The first-order valence-corrected chi connectivity index (χ1v) is 5.60. The van der Waals surface area contributed by atoms with E-state index in [4.69, 9.17) is 30.2 Å². The molecule has 0 amide bonds. The normalized spacial score (nSPS) is 19.7. The Balaban J connectivity index is 4.50. The summed E-state index contributed by atoms with van der Waals surface area (Å²) >= 11 is 0. The van der Waals surface area contributed by atoms with Gasteiger partial charge in [0.15, 0.2) is 6.10 Å². The Morgan fingerprint density at radius 1 is 1.12 bits per heavy atom. The minimum atomic E-state index is -5.13. The van der Waals surface area contributed by atoms with Crippen LogP contribution in [0.15, 0.2) is 0 Å². The third-order valence-electron chi connectivity index (χ3n) is 1.62. The zero-order valence-electron chi connectivity index (χ0n) is 8.16. The Morgan fingerprint density at radius 3 is 1.88 bits per heavy atom. The van der Waals surface area contributed by atoms with E-state index in [0.29, 0.717) is 0 Å².